The molecular formula is C21H20Cl2N4O5S. The highest BCUT2D eigenvalue weighted by Gasteiger charge is 2.32. The van der Waals surface area contributed by atoms with Crippen molar-refractivity contribution in [3.8, 4) is 11.5 Å². The summed E-state index contributed by atoms with van der Waals surface area (Å²) in [6.07, 6.45) is -0.399. The summed E-state index contributed by atoms with van der Waals surface area (Å²) in [4.78, 5) is 12.7. The van der Waals surface area contributed by atoms with Crippen LogP contribution in [0.15, 0.2) is 51.8 Å². The molecule has 1 amide bonds. The second kappa shape index (κ2) is 9.40. The molecule has 0 aliphatic carbocycles. The Bertz CT molecular complexity index is 1270. The second-order valence-corrected chi connectivity index (χ2v) is 10.4. The van der Waals surface area contributed by atoms with Crippen LogP contribution in [0.1, 0.15) is 24.2 Å². The molecule has 4 rings (SSSR count). The number of sulfonamides is 1. The fourth-order valence-electron chi connectivity index (χ4n) is 3.47. The van der Waals surface area contributed by atoms with Crippen LogP contribution < -0.4 is 5.32 Å². The Hall–Kier alpha value is -2.50. The zero-order valence-electron chi connectivity index (χ0n) is 17.7. The van der Waals surface area contributed by atoms with Crippen molar-refractivity contribution < 1.29 is 22.4 Å². The minimum atomic E-state index is -3.71. The molecule has 1 N–H and O–H groups in total. The quantitative estimate of drug-likeness (QED) is 0.549. The number of rotatable bonds is 5. The van der Waals surface area contributed by atoms with E-state index >= 15 is 0 Å². The van der Waals surface area contributed by atoms with Crippen LogP contribution >= 0.6 is 23.2 Å². The highest BCUT2D eigenvalue weighted by Crippen LogP contribution is 2.30. The molecule has 2 atom stereocenters. The predicted molar refractivity (Wildman–Crippen MR) is 123 cm³/mol. The molecule has 12 heteroatoms. The molecule has 2 heterocycles. The van der Waals surface area contributed by atoms with Crippen LogP contribution in [0.3, 0.4) is 0 Å². The molecule has 1 aliphatic rings. The second-order valence-electron chi connectivity index (χ2n) is 7.59. The van der Waals surface area contributed by atoms with E-state index in [4.69, 9.17) is 32.4 Å². The van der Waals surface area contributed by atoms with Gasteiger partial charge in [-0.3, -0.25) is 10.1 Å². The lowest BCUT2D eigenvalue weighted by Gasteiger charge is -2.34. The molecule has 9 nitrogen and oxygen atoms in total. The summed E-state index contributed by atoms with van der Waals surface area (Å²) in [5.41, 5.74) is 0.650. The number of amides is 1. The first-order valence-corrected chi connectivity index (χ1v) is 12.2. The largest absolute Gasteiger partial charge is 0.403 e. The van der Waals surface area contributed by atoms with E-state index in [-0.39, 0.29) is 47.7 Å². The predicted octanol–water partition coefficient (Wildman–Crippen LogP) is 4.09. The van der Waals surface area contributed by atoms with Gasteiger partial charge >= 0.3 is 6.01 Å². The van der Waals surface area contributed by atoms with Crippen molar-refractivity contribution >= 4 is 45.1 Å². The summed E-state index contributed by atoms with van der Waals surface area (Å²) >= 11 is 12.1. The molecule has 0 saturated carbocycles. The van der Waals surface area contributed by atoms with E-state index in [0.29, 0.717) is 15.6 Å². The molecular weight excluding hydrogens is 491 g/mol. The van der Waals surface area contributed by atoms with E-state index in [0.717, 1.165) is 0 Å². The Balaban J connectivity index is 1.47. The molecule has 1 aliphatic heterocycles. The molecule has 1 aromatic heterocycles. The highest BCUT2D eigenvalue weighted by molar-refractivity contribution is 7.89. The number of hydrogen-bond acceptors (Lipinski definition) is 7. The molecule has 2 unspecified atom stereocenters. The van der Waals surface area contributed by atoms with Crippen LogP contribution in [0, 0.1) is 0 Å². The SMILES string of the molecule is CC1CN(S(=O)(=O)c2ccc(C(=O)Nc3nnc(-c4cc(Cl)ccc4Cl)o3)cc2)CC(C)O1. The number of carbonyl (C=O) groups excluding carboxylic acids is 1. The number of aromatic nitrogens is 2. The molecule has 2 aromatic carbocycles. The Kier molecular flexibility index (Phi) is 6.73. The minimum absolute atomic E-state index is 0.0909. The first kappa shape index (κ1) is 23.7. The van der Waals surface area contributed by atoms with Crippen LogP contribution in [-0.4, -0.2) is 54.1 Å². The van der Waals surface area contributed by atoms with Gasteiger partial charge in [0.25, 0.3) is 11.8 Å². The normalized spacial score (nSPS) is 19.4. The zero-order chi connectivity index (χ0) is 23.8. The topological polar surface area (TPSA) is 115 Å². The van der Waals surface area contributed by atoms with Gasteiger partial charge in [-0.15, -0.1) is 5.10 Å². The van der Waals surface area contributed by atoms with Gasteiger partial charge in [0.15, 0.2) is 0 Å². The van der Waals surface area contributed by atoms with E-state index in [1.807, 2.05) is 13.8 Å². The maximum absolute atomic E-state index is 13.0. The summed E-state index contributed by atoms with van der Waals surface area (Å²) in [6.45, 7) is 4.19. The van der Waals surface area contributed by atoms with Gasteiger partial charge in [0.1, 0.15) is 0 Å². The lowest BCUT2D eigenvalue weighted by molar-refractivity contribution is -0.0440. The lowest BCUT2D eigenvalue weighted by Crippen LogP contribution is -2.48. The molecule has 1 fully saturated rings. The Morgan fingerprint density at radius 2 is 1.73 bits per heavy atom. The van der Waals surface area contributed by atoms with Gasteiger partial charge in [0.05, 0.1) is 27.7 Å². The van der Waals surface area contributed by atoms with Crippen molar-refractivity contribution in [1.82, 2.24) is 14.5 Å². The van der Waals surface area contributed by atoms with Crippen molar-refractivity contribution in [2.45, 2.75) is 31.0 Å². The number of nitrogens with zero attached hydrogens (tertiary/aromatic N) is 3. The third kappa shape index (κ3) is 5.20. The van der Waals surface area contributed by atoms with E-state index in [2.05, 4.69) is 15.5 Å². The van der Waals surface area contributed by atoms with E-state index in [1.165, 1.54) is 28.6 Å². The number of ether oxygens (including phenoxy) is 1. The van der Waals surface area contributed by atoms with Gasteiger partial charge < -0.3 is 9.15 Å². The van der Waals surface area contributed by atoms with Gasteiger partial charge in [0.2, 0.25) is 10.0 Å². The van der Waals surface area contributed by atoms with Gasteiger partial charge in [-0.1, -0.05) is 28.3 Å². The lowest BCUT2D eigenvalue weighted by atomic mass is 10.2. The van der Waals surface area contributed by atoms with Crippen molar-refractivity contribution in [2.75, 3.05) is 18.4 Å². The van der Waals surface area contributed by atoms with Crippen LogP contribution in [-0.2, 0) is 14.8 Å². The molecule has 174 valence electrons. The first-order valence-electron chi connectivity index (χ1n) is 9.99. The number of anilines is 1. The van der Waals surface area contributed by atoms with Gasteiger partial charge in [0, 0.05) is 23.7 Å². The average molecular weight is 511 g/mol. The van der Waals surface area contributed by atoms with Crippen molar-refractivity contribution in [3.05, 3.63) is 58.1 Å². The molecule has 0 spiro atoms. The number of carbonyl (C=O) groups is 1. The fourth-order valence-corrected chi connectivity index (χ4v) is 5.43. The Morgan fingerprint density at radius 3 is 2.39 bits per heavy atom. The summed E-state index contributed by atoms with van der Waals surface area (Å²) in [7, 11) is -3.71. The van der Waals surface area contributed by atoms with Crippen LogP contribution in [0.2, 0.25) is 10.0 Å². The van der Waals surface area contributed by atoms with Crippen molar-refractivity contribution in [2.24, 2.45) is 0 Å². The van der Waals surface area contributed by atoms with E-state index in [9.17, 15) is 13.2 Å². The standard InChI is InChI=1S/C21H20Cl2N4O5S/c1-12-10-27(11-13(2)31-12)33(29,30)16-6-3-14(4-7-16)19(28)24-21-26-25-20(32-21)17-9-15(22)5-8-18(17)23/h3-9,12-13H,10-11H2,1-2H3,(H,24,26,28). The smallest absolute Gasteiger partial charge is 0.322 e. The maximum Gasteiger partial charge on any atom is 0.322 e. The molecule has 3 aromatic rings. The van der Waals surface area contributed by atoms with Crippen LogP contribution in [0.5, 0.6) is 0 Å². The Morgan fingerprint density at radius 1 is 1.06 bits per heavy atom. The van der Waals surface area contributed by atoms with Gasteiger partial charge in [-0.2, -0.15) is 4.31 Å². The molecule has 0 radical (unpaired) electrons. The molecule has 0 bridgehead atoms. The average Bonchev–Trinajstić information content (AvgIpc) is 3.23. The summed E-state index contributed by atoms with van der Waals surface area (Å²) in [6, 6.07) is 10.3. The number of morpholine rings is 1. The minimum Gasteiger partial charge on any atom is -0.403 e. The van der Waals surface area contributed by atoms with E-state index < -0.39 is 15.9 Å². The third-order valence-electron chi connectivity index (χ3n) is 4.94. The van der Waals surface area contributed by atoms with Crippen molar-refractivity contribution in [1.29, 1.82) is 0 Å². The fraction of sp³-hybridized carbons (Fsp3) is 0.286. The highest BCUT2D eigenvalue weighted by atomic mass is 35.5. The zero-order valence-corrected chi connectivity index (χ0v) is 20.0. The number of benzene rings is 2. The van der Waals surface area contributed by atoms with Crippen LogP contribution in [0.25, 0.3) is 11.5 Å². The summed E-state index contributed by atoms with van der Waals surface area (Å²) < 4.78 is 38.4. The molecule has 1 saturated heterocycles. The Labute approximate surface area is 200 Å². The van der Waals surface area contributed by atoms with Crippen molar-refractivity contribution in [3.63, 3.8) is 0 Å². The van der Waals surface area contributed by atoms with Crippen LogP contribution in [0.4, 0.5) is 6.01 Å². The van der Waals surface area contributed by atoms with Gasteiger partial charge in [-0.25, -0.2) is 8.42 Å². The number of halogens is 2. The summed E-state index contributed by atoms with van der Waals surface area (Å²) in [5, 5.41) is 11.0. The number of hydrogen-bond donors (Lipinski definition) is 1. The first-order chi connectivity index (χ1) is 15.6. The maximum atomic E-state index is 13.0. The monoisotopic (exact) mass is 510 g/mol. The summed E-state index contributed by atoms with van der Waals surface area (Å²) in [5.74, 6) is -0.451. The van der Waals surface area contributed by atoms with Gasteiger partial charge in [-0.05, 0) is 56.3 Å². The third-order valence-corrected chi connectivity index (χ3v) is 7.36. The number of nitrogens with one attached hydrogen (secondary N) is 1. The molecule has 33 heavy (non-hydrogen) atoms. The van der Waals surface area contributed by atoms with E-state index in [1.54, 1.807) is 18.2 Å².